The number of aryl methyl sites for hydroxylation is 1. The van der Waals surface area contributed by atoms with Crippen molar-refractivity contribution < 1.29 is 28.7 Å². The number of rotatable bonds is 8. The molecule has 0 atom stereocenters. The summed E-state index contributed by atoms with van der Waals surface area (Å²) in [4.78, 5) is 50.0. The Labute approximate surface area is 210 Å². The van der Waals surface area contributed by atoms with Crippen LogP contribution in [0.2, 0.25) is 10.0 Å². The molecule has 0 saturated carbocycles. The summed E-state index contributed by atoms with van der Waals surface area (Å²) in [5.41, 5.74) is 1.89. The first-order chi connectivity index (χ1) is 16.2. The third-order valence-corrected chi connectivity index (χ3v) is 6.02. The second kappa shape index (κ2) is 11.4. The van der Waals surface area contributed by atoms with E-state index >= 15 is 0 Å². The van der Waals surface area contributed by atoms with E-state index in [2.05, 4.69) is 5.32 Å². The Morgan fingerprint density at radius 1 is 1.15 bits per heavy atom. The standard InChI is InChI=1S/C23H20Cl2N2O6S/c1-3-32-20(29)12-33-21-15(24)8-14(9-16(21)25)10-18-22(30)27(23(31)34-18)11-19(28)26-17-7-5-4-6-13(17)2/h4-10H,3,11-12H2,1-2H3,(H,26,28)/b18-10-. The Morgan fingerprint density at radius 2 is 1.82 bits per heavy atom. The quantitative estimate of drug-likeness (QED) is 0.387. The highest BCUT2D eigenvalue weighted by molar-refractivity contribution is 8.18. The van der Waals surface area contributed by atoms with Gasteiger partial charge in [-0.25, -0.2) is 4.79 Å². The lowest BCUT2D eigenvalue weighted by Crippen LogP contribution is -2.36. The number of amides is 3. The Balaban J connectivity index is 1.70. The zero-order valence-electron chi connectivity index (χ0n) is 18.2. The smallest absolute Gasteiger partial charge is 0.344 e. The van der Waals surface area contributed by atoms with Crippen molar-refractivity contribution in [2.45, 2.75) is 13.8 Å². The first kappa shape index (κ1) is 25.6. The zero-order chi connectivity index (χ0) is 24.8. The lowest BCUT2D eigenvalue weighted by molar-refractivity contribution is -0.145. The molecule has 34 heavy (non-hydrogen) atoms. The maximum absolute atomic E-state index is 12.7. The summed E-state index contributed by atoms with van der Waals surface area (Å²) in [7, 11) is 0. The van der Waals surface area contributed by atoms with Gasteiger partial charge in [-0.2, -0.15) is 0 Å². The van der Waals surface area contributed by atoms with Crippen molar-refractivity contribution in [2.24, 2.45) is 0 Å². The molecular weight excluding hydrogens is 503 g/mol. The molecule has 1 N–H and O–H groups in total. The van der Waals surface area contributed by atoms with Crippen molar-refractivity contribution in [2.75, 3.05) is 25.1 Å². The normalized spacial score (nSPS) is 14.5. The van der Waals surface area contributed by atoms with Crippen LogP contribution in [0.25, 0.3) is 6.08 Å². The topological polar surface area (TPSA) is 102 Å². The molecule has 178 valence electrons. The van der Waals surface area contributed by atoms with Crippen molar-refractivity contribution >= 4 is 69.8 Å². The van der Waals surface area contributed by atoms with Crippen molar-refractivity contribution in [1.29, 1.82) is 0 Å². The number of halogens is 2. The van der Waals surface area contributed by atoms with Gasteiger partial charge in [0.15, 0.2) is 12.4 Å². The minimum absolute atomic E-state index is 0.0921. The van der Waals surface area contributed by atoms with Gasteiger partial charge in [-0.15, -0.1) is 0 Å². The van der Waals surface area contributed by atoms with Crippen LogP contribution in [0.15, 0.2) is 41.3 Å². The minimum atomic E-state index is -0.607. The molecule has 1 saturated heterocycles. The van der Waals surface area contributed by atoms with Crippen molar-refractivity contribution in [3.63, 3.8) is 0 Å². The number of nitrogens with one attached hydrogen (secondary N) is 1. The number of hydrogen-bond acceptors (Lipinski definition) is 7. The van der Waals surface area contributed by atoms with E-state index in [0.717, 1.165) is 10.5 Å². The van der Waals surface area contributed by atoms with Crippen LogP contribution in [0.3, 0.4) is 0 Å². The number of carbonyl (C=O) groups excluding carboxylic acids is 4. The lowest BCUT2D eigenvalue weighted by Gasteiger charge is -2.13. The number of anilines is 1. The van der Waals surface area contributed by atoms with E-state index in [1.165, 1.54) is 18.2 Å². The second-order valence-electron chi connectivity index (χ2n) is 7.04. The third-order valence-electron chi connectivity index (χ3n) is 4.55. The molecule has 3 rings (SSSR count). The van der Waals surface area contributed by atoms with Gasteiger partial charge in [0.25, 0.3) is 11.1 Å². The van der Waals surface area contributed by atoms with Crippen LogP contribution in [0.4, 0.5) is 10.5 Å². The fraction of sp³-hybridized carbons (Fsp3) is 0.217. The number of para-hydroxylation sites is 1. The Morgan fingerprint density at radius 3 is 2.47 bits per heavy atom. The van der Waals surface area contributed by atoms with Gasteiger partial charge in [-0.1, -0.05) is 41.4 Å². The van der Waals surface area contributed by atoms with Crippen molar-refractivity contribution in [3.05, 3.63) is 62.5 Å². The number of esters is 1. The van der Waals surface area contributed by atoms with Crippen LogP contribution in [0.1, 0.15) is 18.1 Å². The van der Waals surface area contributed by atoms with Crippen LogP contribution in [-0.2, 0) is 19.1 Å². The molecule has 3 amide bonds. The van der Waals surface area contributed by atoms with Gasteiger partial charge < -0.3 is 14.8 Å². The summed E-state index contributed by atoms with van der Waals surface area (Å²) in [6, 6.07) is 10.1. The lowest BCUT2D eigenvalue weighted by atomic mass is 10.2. The monoisotopic (exact) mass is 522 g/mol. The summed E-state index contributed by atoms with van der Waals surface area (Å²) < 4.78 is 10.1. The fourth-order valence-electron chi connectivity index (χ4n) is 2.97. The number of carbonyl (C=O) groups is 4. The molecule has 0 aliphatic carbocycles. The maximum atomic E-state index is 12.7. The predicted molar refractivity (Wildman–Crippen MR) is 131 cm³/mol. The molecule has 8 nitrogen and oxygen atoms in total. The number of benzene rings is 2. The van der Waals surface area contributed by atoms with Crippen molar-refractivity contribution in [1.82, 2.24) is 4.90 Å². The number of imide groups is 1. The number of hydrogen-bond donors (Lipinski definition) is 1. The summed E-state index contributed by atoms with van der Waals surface area (Å²) in [5.74, 6) is -1.58. The molecule has 0 bridgehead atoms. The van der Waals surface area contributed by atoms with Crippen LogP contribution < -0.4 is 10.1 Å². The predicted octanol–water partition coefficient (Wildman–Crippen LogP) is 4.92. The molecule has 0 aromatic heterocycles. The molecule has 1 fully saturated rings. The molecule has 0 spiro atoms. The molecule has 1 heterocycles. The van der Waals surface area contributed by atoms with E-state index in [9.17, 15) is 19.2 Å². The van der Waals surface area contributed by atoms with Gasteiger partial charge in [0.2, 0.25) is 5.91 Å². The molecule has 2 aromatic carbocycles. The fourth-order valence-corrected chi connectivity index (χ4v) is 4.42. The van der Waals surface area contributed by atoms with E-state index in [1.807, 2.05) is 19.1 Å². The first-order valence-electron chi connectivity index (χ1n) is 10.1. The van der Waals surface area contributed by atoms with E-state index in [-0.39, 0.29) is 33.9 Å². The summed E-state index contributed by atoms with van der Waals surface area (Å²) in [6.45, 7) is 2.94. The van der Waals surface area contributed by atoms with Gasteiger partial charge >= 0.3 is 5.97 Å². The molecule has 11 heteroatoms. The summed E-state index contributed by atoms with van der Waals surface area (Å²) in [6.07, 6.45) is 1.44. The van der Waals surface area contributed by atoms with E-state index in [1.54, 1.807) is 19.1 Å². The highest BCUT2D eigenvalue weighted by Crippen LogP contribution is 2.37. The van der Waals surface area contributed by atoms with E-state index < -0.39 is 29.6 Å². The van der Waals surface area contributed by atoms with E-state index in [4.69, 9.17) is 32.7 Å². The van der Waals surface area contributed by atoms with Crippen LogP contribution in [0.5, 0.6) is 5.75 Å². The Hall–Kier alpha value is -3.01. The number of thioether (sulfide) groups is 1. The van der Waals surface area contributed by atoms with Gasteiger partial charge in [0.1, 0.15) is 6.54 Å². The van der Waals surface area contributed by atoms with Gasteiger partial charge in [0.05, 0.1) is 21.6 Å². The average molecular weight is 523 g/mol. The Bertz CT molecular complexity index is 1160. The number of nitrogens with zero attached hydrogens (tertiary/aromatic N) is 1. The average Bonchev–Trinajstić information content (AvgIpc) is 3.02. The first-order valence-corrected chi connectivity index (χ1v) is 11.6. The highest BCUT2D eigenvalue weighted by atomic mass is 35.5. The second-order valence-corrected chi connectivity index (χ2v) is 8.85. The SMILES string of the molecule is CCOC(=O)COc1c(Cl)cc(/C=C2\SC(=O)N(CC(=O)Nc3ccccc3C)C2=O)cc1Cl. The largest absolute Gasteiger partial charge is 0.479 e. The summed E-state index contributed by atoms with van der Waals surface area (Å²) >= 11 is 13.1. The Kier molecular flexibility index (Phi) is 8.60. The third kappa shape index (κ3) is 6.31. The van der Waals surface area contributed by atoms with Crippen molar-refractivity contribution in [3.8, 4) is 5.75 Å². The molecule has 0 unspecified atom stereocenters. The highest BCUT2D eigenvalue weighted by Gasteiger charge is 2.36. The van der Waals surface area contributed by atoms with Crippen LogP contribution in [-0.4, -0.2) is 47.7 Å². The maximum Gasteiger partial charge on any atom is 0.344 e. The van der Waals surface area contributed by atoms with E-state index in [0.29, 0.717) is 23.0 Å². The van der Waals surface area contributed by atoms with Gasteiger partial charge in [0, 0.05) is 5.69 Å². The molecule has 1 aliphatic rings. The molecule has 0 radical (unpaired) electrons. The van der Waals surface area contributed by atoms with Crippen LogP contribution >= 0.6 is 35.0 Å². The molecular formula is C23H20Cl2N2O6S. The zero-order valence-corrected chi connectivity index (χ0v) is 20.6. The molecule has 1 aliphatic heterocycles. The van der Waals surface area contributed by atoms with Gasteiger partial charge in [-0.3, -0.25) is 19.3 Å². The summed E-state index contributed by atoms with van der Waals surface area (Å²) in [5, 5.41) is 2.35. The molecule has 2 aromatic rings. The van der Waals surface area contributed by atoms with Crippen LogP contribution in [0, 0.1) is 6.92 Å². The number of ether oxygens (including phenoxy) is 2. The minimum Gasteiger partial charge on any atom is -0.479 e. The van der Waals surface area contributed by atoms with Gasteiger partial charge in [-0.05, 0) is 61.0 Å².